The number of benzene rings is 2. The molecule has 5 rings (SSSR count). The highest BCUT2D eigenvalue weighted by atomic mass is 19.1. The largest absolute Gasteiger partial charge is 0.486 e. The molecule has 30 heavy (non-hydrogen) atoms. The highest BCUT2D eigenvalue weighted by molar-refractivity contribution is 6.00. The molecule has 0 radical (unpaired) electrons. The summed E-state index contributed by atoms with van der Waals surface area (Å²) in [6, 6.07) is 13.3. The Morgan fingerprint density at radius 1 is 1.13 bits per heavy atom. The second kappa shape index (κ2) is 7.09. The number of Topliss-reactive ketones (excluding diaryl/α,β-unsaturated/α-hetero) is 1. The van der Waals surface area contributed by atoms with Crippen LogP contribution in [0.4, 0.5) is 4.39 Å². The first kappa shape index (κ1) is 18.5. The van der Waals surface area contributed by atoms with Gasteiger partial charge >= 0.3 is 0 Å². The zero-order valence-electron chi connectivity index (χ0n) is 16.2. The van der Waals surface area contributed by atoms with E-state index < -0.39 is 11.4 Å². The highest BCUT2D eigenvalue weighted by Gasteiger charge is 2.43. The molecule has 0 bridgehead atoms. The molecule has 2 aliphatic heterocycles. The van der Waals surface area contributed by atoms with Crippen molar-refractivity contribution in [2.45, 2.75) is 24.9 Å². The number of ketones is 1. The summed E-state index contributed by atoms with van der Waals surface area (Å²) >= 11 is 0. The molecule has 2 aromatic carbocycles. The van der Waals surface area contributed by atoms with Gasteiger partial charge in [-0.05, 0) is 30.3 Å². The molecule has 7 heteroatoms. The number of rotatable bonds is 2. The Kier molecular flexibility index (Phi) is 4.38. The Labute approximate surface area is 172 Å². The number of piperidine rings is 1. The summed E-state index contributed by atoms with van der Waals surface area (Å²) in [4.78, 5) is 27.4. The van der Waals surface area contributed by atoms with Gasteiger partial charge in [-0.25, -0.2) is 4.39 Å². The van der Waals surface area contributed by atoms with E-state index >= 15 is 0 Å². The number of carbonyl (C=O) groups excluding carboxylic acids is 2. The van der Waals surface area contributed by atoms with E-state index in [1.165, 1.54) is 18.2 Å². The van der Waals surface area contributed by atoms with Crippen LogP contribution in [0, 0.1) is 5.82 Å². The third-order valence-corrected chi connectivity index (χ3v) is 5.94. The van der Waals surface area contributed by atoms with Crippen molar-refractivity contribution in [2.75, 3.05) is 13.1 Å². The van der Waals surface area contributed by atoms with Gasteiger partial charge in [0.05, 0.1) is 17.7 Å². The van der Waals surface area contributed by atoms with Gasteiger partial charge in [-0.1, -0.05) is 12.1 Å². The molecule has 0 aliphatic carbocycles. The third kappa shape index (κ3) is 3.26. The lowest BCUT2D eigenvalue weighted by Gasteiger charge is -2.44. The lowest BCUT2D eigenvalue weighted by atomic mass is 9.82. The van der Waals surface area contributed by atoms with Crippen molar-refractivity contribution in [3.63, 3.8) is 0 Å². The maximum absolute atomic E-state index is 13.6. The lowest BCUT2D eigenvalue weighted by molar-refractivity contribution is -0.00587. The van der Waals surface area contributed by atoms with Gasteiger partial charge in [-0.2, -0.15) is 5.10 Å². The summed E-state index contributed by atoms with van der Waals surface area (Å²) in [5.74, 6) is -0.218. The number of aromatic nitrogens is 2. The van der Waals surface area contributed by atoms with Gasteiger partial charge in [0.1, 0.15) is 17.2 Å². The maximum atomic E-state index is 13.6. The fourth-order valence-corrected chi connectivity index (χ4v) is 4.28. The molecular weight excluding hydrogens is 385 g/mol. The summed E-state index contributed by atoms with van der Waals surface area (Å²) in [6.07, 6.45) is 2.98. The molecular formula is C23H20FN3O3. The SMILES string of the molecule is O=C1CC2(CCN(C(=O)c3cccc(-c4ccn[nH]4)c3)CC2)Oc2cc(F)ccc21. The number of H-pyrrole nitrogens is 1. The number of hydrogen-bond donors (Lipinski definition) is 1. The van der Waals surface area contributed by atoms with E-state index in [1.807, 2.05) is 24.3 Å². The number of fused-ring (bicyclic) bond motifs is 1. The topological polar surface area (TPSA) is 75.3 Å². The zero-order chi connectivity index (χ0) is 20.7. The predicted octanol–water partition coefficient (Wildman–Crippen LogP) is 3.86. The van der Waals surface area contributed by atoms with E-state index in [1.54, 1.807) is 17.2 Å². The molecule has 3 aromatic rings. The third-order valence-electron chi connectivity index (χ3n) is 5.94. The molecule has 1 saturated heterocycles. The van der Waals surface area contributed by atoms with Crippen LogP contribution in [-0.2, 0) is 0 Å². The number of aromatic amines is 1. The predicted molar refractivity (Wildman–Crippen MR) is 108 cm³/mol. The minimum absolute atomic E-state index is 0.0386. The van der Waals surface area contributed by atoms with Gasteiger partial charge < -0.3 is 9.64 Å². The van der Waals surface area contributed by atoms with Crippen LogP contribution in [-0.4, -0.2) is 45.5 Å². The molecule has 1 aromatic heterocycles. The number of carbonyl (C=O) groups is 2. The first-order chi connectivity index (χ1) is 14.5. The molecule has 1 amide bonds. The van der Waals surface area contributed by atoms with Crippen LogP contribution in [0.1, 0.15) is 40.0 Å². The van der Waals surface area contributed by atoms with Crippen molar-refractivity contribution < 1.29 is 18.7 Å². The summed E-state index contributed by atoms with van der Waals surface area (Å²) in [6.45, 7) is 0.954. The van der Waals surface area contributed by atoms with E-state index in [-0.39, 0.29) is 18.1 Å². The Morgan fingerprint density at radius 3 is 2.73 bits per heavy atom. The summed E-state index contributed by atoms with van der Waals surface area (Å²) in [5, 5.41) is 6.86. The van der Waals surface area contributed by atoms with E-state index in [9.17, 15) is 14.0 Å². The van der Waals surface area contributed by atoms with Crippen molar-refractivity contribution in [2.24, 2.45) is 0 Å². The van der Waals surface area contributed by atoms with Gasteiger partial charge in [-0.3, -0.25) is 14.7 Å². The molecule has 0 atom stereocenters. The van der Waals surface area contributed by atoms with Crippen molar-refractivity contribution in [1.82, 2.24) is 15.1 Å². The minimum atomic E-state index is -0.674. The van der Waals surface area contributed by atoms with Crippen LogP contribution in [0.15, 0.2) is 54.7 Å². The summed E-state index contributed by atoms with van der Waals surface area (Å²) in [5.41, 5.74) is 2.10. The van der Waals surface area contributed by atoms with Gasteiger partial charge in [0.2, 0.25) is 0 Å². The van der Waals surface area contributed by atoms with Crippen LogP contribution in [0.25, 0.3) is 11.3 Å². The quantitative estimate of drug-likeness (QED) is 0.703. The number of halogens is 1. The molecule has 1 N–H and O–H groups in total. The van der Waals surface area contributed by atoms with Crippen molar-refractivity contribution in [1.29, 1.82) is 0 Å². The second-order valence-corrected chi connectivity index (χ2v) is 7.87. The monoisotopic (exact) mass is 405 g/mol. The number of nitrogens with zero attached hydrogens (tertiary/aromatic N) is 2. The molecule has 0 saturated carbocycles. The molecule has 3 heterocycles. The lowest BCUT2D eigenvalue weighted by Crippen LogP contribution is -2.52. The average Bonchev–Trinajstić information content (AvgIpc) is 3.28. The maximum Gasteiger partial charge on any atom is 0.253 e. The molecule has 0 unspecified atom stereocenters. The second-order valence-electron chi connectivity index (χ2n) is 7.87. The Morgan fingerprint density at radius 2 is 1.97 bits per heavy atom. The number of hydrogen-bond acceptors (Lipinski definition) is 4. The minimum Gasteiger partial charge on any atom is -0.486 e. The van der Waals surface area contributed by atoms with Gasteiger partial charge in [0.25, 0.3) is 5.91 Å². The first-order valence-corrected chi connectivity index (χ1v) is 9.94. The van der Waals surface area contributed by atoms with Gasteiger partial charge in [-0.15, -0.1) is 0 Å². The smallest absolute Gasteiger partial charge is 0.253 e. The average molecular weight is 405 g/mol. The van der Waals surface area contributed by atoms with Gasteiger partial charge in [0.15, 0.2) is 5.78 Å². The number of amides is 1. The normalized spacial score (nSPS) is 17.5. The number of likely N-dealkylation sites (tertiary alicyclic amines) is 1. The molecule has 6 nitrogen and oxygen atoms in total. The number of nitrogens with one attached hydrogen (secondary N) is 1. The van der Waals surface area contributed by atoms with Crippen LogP contribution >= 0.6 is 0 Å². The van der Waals surface area contributed by atoms with Crippen LogP contribution in [0.5, 0.6) is 5.75 Å². The fraction of sp³-hybridized carbons (Fsp3) is 0.261. The van der Waals surface area contributed by atoms with Gasteiger partial charge in [0, 0.05) is 49.3 Å². The van der Waals surface area contributed by atoms with Crippen LogP contribution in [0.3, 0.4) is 0 Å². The molecule has 152 valence electrons. The standard InChI is InChI=1S/C23H20FN3O3/c24-17-4-5-18-20(28)14-23(30-21(18)13-17)7-10-27(11-8-23)22(29)16-3-1-2-15(12-16)19-6-9-25-26-19/h1-6,9,12-13H,7-8,10-11,14H2,(H,25,26). The number of ether oxygens (including phenoxy) is 1. The zero-order valence-corrected chi connectivity index (χ0v) is 16.2. The van der Waals surface area contributed by atoms with Crippen molar-refractivity contribution in [3.8, 4) is 17.0 Å². The van der Waals surface area contributed by atoms with Crippen molar-refractivity contribution >= 4 is 11.7 Å². The van der Waals surface area contributed by atoms with E-state index in [0.29, 0.717) is 42.8 Å². The Hall–Kier alpha value is -3.48. The molecule has 1 spiro atoms. The highest BCUT2D eigenvalue weighted by Crippen LogP contribution is 2.39. The van der Waals surface area contributed by atoms with Crippen LogP contribution in [0.2, 0.25) is 0 Å². The molecule has 2 aliphatic rings. The summed E-state index contributed by atoms with van der Waals surface area (Å²) < 4.78 is 19.7. The van der Waals surface area contributed by atoms with E-state index in [2.05, 4.69) is 10.2 Å². The van der Waals surface area contributed by atoms with Crippen LogP contribution < -0.4 is 4.74 Å². The van der Waals surface area contributed by atoms with E-state index in [0.717, 1.165) is 11.3 Å². The molecule has 1 fully saturated rings. The Balaban J connectivity index is 1.31. The first-order valence-electron chi connectivity index (χ1n) is 9.94. The Bertz CT molecular complexity index is 1120. The summed E-state index contributed by atoms with van der Waals surface area (Å²) in [7, 11) is 0. The van der Waals surface area contributed by atoms with Crippen molar-refractivity contribution in [3.05, 3.63) is 71.7 Å². The van der Waals surface area contributed by atoms with E-state index in [4.69, 9.17) is 4.74 Å². The fourth-order valence-electron chi connectivity index (χ4n) is 4.28.